The molecule has 1 saturated heterocycles. The second kappa shape index (κ2) is 4.85. The lowest BCUT2D eigenvalue weighted by atomic mass is 10.1. The predicted octanol–water partition coefficient (Wildman–Crippen LogP) is 1.20. The summed E-state index contributed by atoms with van der Waals surface area (Å²) in [6.07, 6.45) is 1.86. The summed E-state index contributed by atoms with van der Waals surface area (Å²) in [6.45, 7) is -0.0235. The Kier molecular flexibility index (Phi) is 3.16. The van der Waals surface area contributed by atoms with Gasteiger partial charge in [0.05, 0.1) is 6.54 Å². The van der Waals surface area contributed by atoms with Gasteiger partial charge in [0, 0.05) is 12.6 Å². The lowest BCUT2D eigenvalue weighted by Crippen LogP contribution is -2.58. The van der Waals surface area contributed by atoms with Crippen LogP contribution in [0.25, 0.3) is 0 Å². The highest BCUT2D eigenvalue weighted by molar-refractivity contribution is 5.95. The fourth-order valence-electron chi connectivity index (χ4n) is 2.53. The maximum absolute atomic E-state index is 13.1. The van der Waals surface area contributed by atoms with E-state index in [0.29, 0.717) is 5.56 Å². The molecule has 1 saturated carbocycles. The molecule has 1 unspecified atom stereocenters. The smallest absolute Gasteiger partial charge is 0.246 e. The number of nitrogens with zero attached hydrogens (tertiary/aromatic N) is 1. The molecule has 1 aromatic carbocycles. The van der Waals surface area contributed by atoms with Gasteiger partial charge in [-0.3, -0.25) is 9.59 Å². The molecule has 3 rings (SSSR count). The van der Waals surface area contributed by atoms with Crippen molar-refractivity contribution < 1.29 is 18.4 Å². The number of rotatable bonds is 3. The molecular formula is C14H14F2N2O2. The third-order valence-corrected chi connectivity index (χ3v) is 3.62. The molecule has 2 fully saturated rings. The van der Waals surface area contributed by atoms with Gasteiger partial charge in [-0.25, -0.2) is 8.78 Å². The Morgan fingerprint density at radius 2 is 1.80 bits per heavy atom. The first-order valence-electron chi connectivity index (χ1n) is 6.56. The van der Waals surface area contributed by atoms with Crippen molar-refractivity contribution in [3.63, 3.8) is 0 Å². The van der Waals surface area contributed by atoms with Gasteiger partial charge in [0.25, 0.3) is 0 Å². The molecule has 0 aromatic heterocycles. The van der Waals surface area contributed by atoms with Gasteiger partial charge in [-0.2, -0.15) is 0 Å². The Morgan fingerprint density at radius 1 is 1.15 bits per heavy atom. The van der Waals surface area contributed by atoms with Crippen LogP contribution >= 0.6 is 0 Å². The van der Waals surface area contributed by atoms with Crippen LogP contribution in [0.2, 0.25) is 0 Å². The summed E-state index contributed by atoms with van der Waals surface area (Å²) in [5, 5.41) is 2.69. The second-order valence-corrected chi connectivity index (χ2v) is 5.35. The van der Waals surface area contributed by atoms with E-state index >= 15 is 0 Å². The van der Waals surface area contributed by atoms with E-state index in [1.165, 1.54) is 17.0 Å². The van der Waals surface area contributed by atoms with Gasteiger partial charge in [0.1, 0.15) is 17.7 Å². The summed E-state index contributed by atoms with van der Waals surface area (Å²) >= 11 is 0. The number of hydrogen-bond acceptors (Lipinski definition) is 2. The summed E-state index contributed by atoms with van der Waals surface area (Å²) in [6, 6.07) is 2.65. The number of nitrogens with one attached hydrogen (secondary N) is 1. The summed E-state index contributed by atoms with van der Waals surface area (Å²) in [7, 11) is 0. The standard InChI is InChI=1S/C14H14F2N2O2/c15-10-3-8(4-11(16)5-10)6-18-7-12(19)17-13(14(18)20)9-1-2-9/h3-5,9,13H,1-2,6-7H2,(H,17,19). The van der Waals surface area contributed by atoms with Crippen molar-refractivity contribution in [3.8, 4) is 0 Å². The van der Waals surface area contributed by atoms with Gasteiger partial charge < -0.3 is 10.2 Å². The van der Waals surface area contributed by atoms with Gasteiger partial charge in [-0.15, -0.1) is 0 Å². The van der Waals surface area contributed by atoms with E-state index in [4.69, 9.17) is 0 Å². The Bertz CT molecular complexity index is 552. The third-order valence-electron chi connectivity index (χ3n) is 3.62. The molecule has 20 heavy (non-hydrogen) atoms. The highest BCUT2D eigenvalue weighted by Gasteiger charge is 2.42. The number of carbonyl (C=O) groups is 2. The van der Waals surface area contributed by atoms with Crippen molar-refractivity contribution in [2.75, 3.05) is 6.54 Å². The molecule has 1 aromatic rings. The number of halogens is 2. The van der Waals surface area contributed by atoms with E-state index in [0.717, 1.165) is 18.9 Å². The van der Waals surface area contributed by atoms with Gasteiger partial charge in [-0.05, 0) is 36.5 Å². The summed E-state index contributed by atoms with van der Waals surface area (Å²) in [5.74, 6) is -1.56. The van der Waals surface area contributed by atoms with Crippen molar-refractivity contribution in [1.29, 1.82) is 0 Å². The highest BCUT2D eigenvalue weighted by atomic mass is 19.1. The minimum absolute atomic E-state index is 0.0458. The maximum Gasteiger partial charge on any atom is 0.246 e. The van der Waals surface area contributed by atoms with Crippen molar-refractivity contribution in [3.05, 3.63) is 35.4 Å². The maximum atomic E-state index is 13.1. The molecule has 2 amide bonds. The Balaban J connectivity index is 1.77. The number of piperazine rings is 1. The van der Waals surface area contributed by atoms with Crippen LogP contribution in [-0.2, 0) is 16.1 Å². The molecule has 1 atom stereocenters. The van der Waals surface area contributed by atoms with Gasteiger partial charge >= 0.3 is 0 Å². The van der Waals surface area contributed by atoms with Crippen LogP contribution < -0.4 is 5.32 Å². The molecule has 0 spiro atoms. The van der Waals surface area contributed by atoms with E-state index in [-0.39, 0.29) is 30.8 Å². The third kappa shape index (κ3) is 2.64. The average Bonchev–Trinajstić information content (AvgIpc) is 3.16. The number of carbonyl (C=O) groups excluding carboxylic acids is 2. The Hall–Kier alpha value is -1.98. The minimum Gasteiger partial charge on any atom is -0.342 e. The SMILES string of the molecule is O=C1CN(Cc2cc(F)cc(F)c2)C(=O)C(C2CC2)N1. The number of benzene rings is 1. The lowest BCUT2D eigenvalue weighted by molar-refractivity contribution is -0.145. The first-order valence-corrected chi connectivity index (χ1v) is 6.56. The highest BCUT2D eigenvalue weighted by Crippen LogP contribution is 2.34. The molecule has 0 bridgehead atoms. The van der Waals surface area contributed by atoms with Crippen LogP contribution in [0, 0.1) is 17.6 Å². The van der Waals surface area contributed by atoms with Crippen LogP contribution in [0.5, 0.6) is 0 Å². The summed E-state index contributed by atoms with van der Waals surface area (Å²) in [4.78, 5) is 25.2. The molecule has 106 valence electrons. The van der Waals surface area contributed by atoms with Gasteiger partial charge in [0.15, 0.2) is 0 Å². The van der Waals surface area contributed by atoms with Crippen molar-refractivity contribution >= 4 is 11.8 Å². The van der Waals surface area contributed by atoms with Crippen LogP contribution in [0.4, 0.5) is 8.78 Å². The van der Waals surface area contributed by atoms with Crippen LogP contribution in [0.1, 0.15) is 18.4 Å². The van der Waals surface area contributed by atoms with E-state index in [2.05, 4.69) is 5.32 Å². The van der Waals surface area contributed by atoms with Crippen molar-refractivity contribution in [1.82, 2.24) is 10.2 Å². The molecule has 6 heteroatoms. The average molecular weight is 280 g/mol. The topological polar surface area (TPSA) is 49.4 Å². The molecule has 4 nitrogen and oxygen atoms in total. The summed E-state index contributed by atoms with van der Waals surface area (Å²) in [5.41, 5.74) is 0.347. The fourth-order valence-corrected chi connectivity index (χ4v) is 2.53. The molecule has 1 N–H and O–H groups in total. The molecule has 1 heterocycles. The zero-order chi connectivity index (χ0) is 14.3. The second-order valence-electron chi connectivity index (χ2n) is 5.35. The van der Waals surface area contributed by atoms with E-state index in [1.807, 2.05) is 0 Å². The van der Waals surface area contributed by atoms with Crippen LogP contribution in [-0.4, -0.2) is 29.3 Å². The molecule has 0 radical (unpaired) electrons. The monoisotopic (exact) mass is 280 g/mol. The predicted molar refractivity (Wildman–Crippen MR) is 66.4 cm³/mol. The quantitative estimate of drug-likeness (QED) is 0.904. The van der Waals surface area contributed by atoms with E-state index < -0.39 is 17.7 Å². The number of amides is 2. The minimum atomic E-state index is -0.687. The Morgan fingerprint density at radius 3 is 2.40 bits per heavy atom. The molecule has 1 aliphatic carbocycles. The first-order chi connectivity index (χ1) is 9.52. The molecule has 2 aliphatic rings. The van der Waals surface area contributed by atoms with Crippen LogP contribution in [0.3, 0.4) is 0 Å². The largest absolute Gasteiger partial charge is 0.342 e. The van der Waals surface area contributed by atoms with Crippen molar-refractivity contribution in [2.45, 2.75) is 25.4 Å². The van der Waals surface area contributed by atoms with E-state index in [9.17, 15) is 18.4 Å². The Labute approximate surface area is 114 Å². The number of hydrogen-bond donors (Lipinski definition) is 1. The lowest BCUT2D eigenvalue weighted by Gasteiger charge is -2.32. The van der Waals surface area contributed by atoms with Crippen LogP contribution in [0.15, 0.2) is 18.2 Å². The zero-order valence-electron chi connectivity index (χ0n) is 10.7. The molecular weight excluding hydrogens is 266 g/mol. The normalized spacial score (nSPS) is 22.9. The van der Waals surface area contributed by atoms with Crippen molar-refractivity contribution in [2.24, 2.45) is 5.92 Å². The zero-order valence-corrected chi connectivity index (χ0v) is 10.7. The first kappa shape index (κ1) is 13.0. The van der Waals surface area contributed by atoms with Gasteiger partial charge in [-0.1, -0.05) is 0 Å². The summed E-state index contributed by atoms with van der Waals surface area (Å²) < 4.78 is 26.3. The van der Waals surface area contributed by atoms with Gasteiger partial charge in [0.2, 0.25) is 11.8 Å². The molecule has 1 aliphatic heterocycles. The van der Waals surface area contributed by atoms with E-state index in [1.54, 1.807) is 0 Å². The fraction of sp³-hybridized carbons (Fsp3) is 0.429.